The van der Waals surface area contributed by atoms with Gasteiger partial charge in [-0.2, -0.15) is 0 Å². The Morgan fingerprint density at radius 1 is 0.396 bits per heavy atom. The van der Waals surface area contributed by atoms with Crippen molar-refractivity contribution >= 4 is 54.4 Å². The van der Waals surface area contributed by atoms with Gasteiger partial charge in [-0.1, -0.05) is 120 Å². The summed E-state index contributed by atoms with van der Waals surface area (Å²) in [6.45, 7) is 0. The molecule has 10 aromatic rings. The standard InChI is InChI=1S/C44H29N4/c1-3-13-30(14-4-1)44-35-18-8-7-15-33(35)29-46(45-44)48-42-22-12-10-20-37(42)39-28-32(24-26-43(39)48)31-23-25-41-38(27-31)36-19-9-11-21-40(36)47(41)34-16-5-2-6-17-34/h1-29H/q+1. The fraction of sp³-hybridized carbons (Fsp3) is 0. The predicted molar refractivity (Wildman–Crippen MR) is 197 cm³/mol. The third kappa shape index (κ3) is 4.03. The minimum Gasteiger partial charge on any atom is -0.309 e. The molecule has 0 N–H and O–H groups in total. The van der Waals surface area contributed by atoms with Gasteiger partial charge in [0.25, 0.3) is 0 Å². The Hall–Kier alpha value is -6.52. The normalized spacial score (nSPS) is 11.8. The second-order valence-electron chi connectivity index (χ2n) is 12.3. The maximum absolute atomic E-state index is 5.26. The van der Waals surface area contributed by atoms with Crippen LogP contribution in [0.5, 0.6) is 0 Å². The molecule has 4 heteroatoms. The topological polar surface area (TPSA) is 26.6 Å². The number of fused-ring (bicyclic) bond motifs is 7. The van der Waals surface area contributed by atoms with Crippen molar-refractivity contribution in [1.82, 2.24) is 14.3 Å². The van der Waals surface area contributed by atoms with Crippen molar-refractivity contribution in [3.63, 3.8) is 0 Å². The van der Waals surface area contributed by atoms with E-state index in [0.717, 1.165) is 33.1 Å². The van der Waals surface area contributed by atoms with Crippen molar-refractivity contribution in [2.45, 2.75) is 0 Å². The van der Waals surface area contributed by atoms with E-state index in [1.165, 1.54) is 49.4 Å². The highest BCUT2D eigenvalue weighted by Gasteiger charge is 2.22. The van der Waals surface area contributed by atoms with Crippen LogP contribution in [0, 0.1) is 0 Å². The molecule has 3 heterocycles. The predicted octanol–water partition coefficient (Wildman–Crippen LogP) is 10.4. The summed E-state index contributed by atoms with van der Waals surface area (Å²) in [6, 6.07) is 60.6. The Morgan fingerprint density at radius 3 is 1.67 bits per heavy atom. The quantitative estimate of drug-likeness (QED) is 0.181. The molecule has 0 saturated carbocycles. The van der Waals surface area contributed by atoms with Crippen LogP contribution < -0.4 is 4.79 Å². The number of hydrogen-bond donors (Lipinski definition) is 0. The second kappa shape index (κ2) is 10.5. The van der Waals surface area contributed by atoms with Gasteiger partial charge < -0.3 is 4.57 Å². The lowest BCUT2D eigenvalue weighted by atomic mass is 10.0. The van der Waals surface area contributed by atoms with Crippen molar-refractivity contribution in [2.75, 3.05) is 0 Å². The summed E-state index contributed by atoms with van der Waals surface area (Å²) in [5.74, 6) is 0. The number of benzene rings is 7. The van der Waals surface area contributed by atoms with Gasteiger partial charge in [-0.25, -0.2) is 0 Å². The summed E-state index contributed by atoms with van der Waals surface area (Å²) >= 11 is 0. The molecule has 224 valence electrons. The summed E-state index contributed by atoms with van der Waals surface area (Å²) in [6.07, 6.45) is 2.14. The average Bonchev–Trinajstić information content (AvgIpc) is 3.67. The highest BCUT2D eigenvalue weighted by Crippen LogP contribution is 2.37. The van der Waals surface area contributed by atoms with E-state index in [-0.39, 0.29) is 0 Å². The fourth-order valence-corrected chi connectivity index (χ4v) is 7.41. The van der Waals surface area contributed by atoms with Gasteiger partial charge in [0, 0.05) is 48.1 Å². The summed E-state index contributed by atoms with van der Waals surface area (Å²) in [5, 5.41) is 12.4. The molecule has 48 heavy (non-hydrogen) atoms. The minimum absolute atomic E-state index is 0.958. The monoisotopic (exact) mass is 613 g/mol. The van der Waals surface area contributed by atoms with E-state index < -0.39 is 0 Å². The van der Waals surface area contributed by atoms with Gasteiger partial charge in [0.2, 0.25) is 6.20 Å². The molecule has 0 atom stereocenters. The van der Waals surface area contributed by atoms with Crippen molar-refractivity contribution in [1.29, 1.82) is 0 Å². The van der Waals surface area contributed by atoms with Gasteiger partial charge in [0.1, 0.15) is 16.7 Å². The number of para-hydroxylation sites is 3. The van der Waals surface area contributed by atoms with Gasteiger partial charge in [0.15, 0.2) is 0 Å². The molecular formula is C44H29N4+. The van der Waals surface area contributed by atoms with Crippen LogP contribution in [0.4, 0.5) is 0 Å². The fourth-order valence-electron chi connectivity index (χ4n) is 7.41. The van der Waals surface area contributed by atoms with E-state index in [1.54, 1.807) is 0 Å². The van der Waals surface area contributed by atoms with Crippen molar-refractivity contribution in [2.24, 2.45) is 0 Å². The molecule has 0 spiro atoms. The molecule has 0 aliphatic heterocycles. The van der Waals surface area contributed by atoms with Crippen LogP contribution in [0.1, 0.15) is 0 Å². The Morgan fingerprint density at radius 2 is 0.917 bits per heavy atom. The number of aromatic nitrogens is 4. The molecule has 0 fully saturated rings. The molecule has 0 bridgehead atoms. The smallest absolute Gasteiger partial charge is 0.239 e. The molecule has 0 amide bonds. The molecule has 3 aromatic heterocycles. The van der Waals surface area contributed by atoms with Gasteiger partial charge >= 0.3 is 0 Å². The minimum atomic E-state index is 0.958. The number of nitrogens with zero attached hydrogens (tertiary/aromatic N) is 4. The molecule has 0 aliphatic rings. The van der Waals surface area contributed by atoms with Crippen molar-refractivity contribution in [3.05, 3.63) is 176 Å². The molecule has 10 rings (SSSR count). The first-order valence-electron chi connectivity index (χ1n) is 16.3. The Kier molecular flexibility index (Phi) is 5.84. The van der Waals surface area contributed by atoms with Crippen molar-refractivity contribution < 1.29 is 4.79 Å². The van der Waals surface area contributed by atoms with Crippen LogP contribution in [0.2, 0.25) is 0 Å². The summed E-state index contributed by atoms with van der Waals surface area (Å²) in [4.78, 5) is 2.01. The maximum Gasteiger partial charge on any atom is 0.239 e. The van der Waals surface area contributed by atoms with Crippen LogP contribution in [-0.4, -0.2) is 14.3 Å². The summed E-state index contributed by atoms with van der Waals surface area (Å²) in [7, 11) is 0. The zero-order valence-electron chi connectivity index (χ0n) is 26.0. The lowest BCUT2D eigenvalue weighted by Crippen LogP contribution is -2.45. The van der Waals surface area contributed by atoms with Crippen LogP contribution in [0.3, 0.4) is 0 Å². The third-order valence-corrected chi connectivity index (χ3v) is 9.59. The third-order valence-electron chi connectivity index (χ3n) is 9.59. The Labute approximate surface area is 276 Å². The molecule has 0 aliphatic carbocycles. The van der Waals surface area contributed by atoms with Crippen LogP contribution in [0.25, 0.3) is 82.5 Å². The van der Waals surface area contributed by atoms with E-state index in [0.29, 0.717) is 0 Å². The van der Waals surface area contributed by atoms with Gasteiger partial charge in [-0.15, -0.1) is 0 Å². The summed E-state index contributed by atoms with van der Waals surface area (Å²) < 4.78 is 4.60. The zero-order valence-corrected chi connectivity index (χ0v) is 26.0. The highest BCUT2D eigenvalue weighted by molar-refractivity contribution is 6.12. The SMILES string of the molecule is c1ccc(-c2n[n+](-n3c4ccccc4c4cc(-c5ccc6c(c5)c5ccccc5n6-c5ccccc5)ccc43)cc3ccccc23)cc1. The molecule has 4 nitrogen and oxygen atoms in total. The van der Waals surface area contributed by atoms with Crippen LogP contribution in [0.15, 0.2) is 176 Å². The first-order valence-corrected chi connectivity index (χ1v) is 16.3. The maximum atomic E-state index is 5.26. The first kappa shape index (κ1) is 26.7. The highest BCUT2D eigenvalue weighted by atomic mass is 15.6. The van der Waals surface area contributed by atoms with E-state index in [4.69, 9.17) is 5.10 Å². The van der Waals surface area contributed by atoms with E-state index >= 15 is 0 Å². The average molecular weight is 614 g/mol. The van der Waals surface area contributed by atoms with Crippen molar-refractivity contribution in [3.8, 4) is 28.1 Å². The lowest BCUT2D eigenvalue weighted by molar-refractivity contribution is -0.774. The molecule has 7 aromatic carbocycles. The first-order chi connectivity index (χ1) is 23.8. The largest absolute Gasteiger partial charge is 0.309 e. The zero-order chi connectivity index (χ0) is 31.6. The van der Waals surface area contributed by atoms with E-state index in [2.05, 4.69) is 179 Å². The second-order valence-corrected chi connectivity index (χ2v) is 12.3. The molecule has 0 radical (unpaired) electrons. The van der Waals surface area contributed by atoms with Gasteiger partial charge in [-0.05, 0) is 65.7 Å². The van der Waals surface area contributed by atoms with E-state index in [9.17, 15) is 0 Å². The Balaban J connectivity index is 1.18. The van der Waals surface area contributed by atoms with Gasteiger partial charge in [0.05, 0.1) is 16.4 Å². The number of hydrogen-bond acceptors (Lipinski definition) is 1. The lowest BCUT2D eigenvalue weighted by Gasteiger charge is -2.08. The molecule has 0 saturated heterocycles. The number of rotatable bonds is 4. The van der Waals surface area contributed by atoms with E-state index in [1.807, 2.05) is 10.9 Å². The van der Waals surface area contributed by atoms with Crippen LogP contribution >= 0.6 is 0 Å². The summed E-state index contributed by atoms with van der Waals surface area (Å²) in [5.41, 5.74) is 10.2. The molecular weight excluding hydrogens is 585 g/mol. The molecule has 0 unspecified atom stereocenters. The van der Waals surface area contributed by atoms with Gasteiger partial charge in [-0.3, -0.25) is 0 Å². The Bertz CT molecular complexity index is 2830. The van der Waals surface area contributed by atoms with Crippen LogP contribution in [-0.2, 0) is 0 Å².